The van der Waals surface area contributed by atoms with Gasteiger partial charge in [-0.15, -0.1) is 0 Å². The highest BCUT2D eigenvalue weighted by Crippen LogP contribution is 2.42. The van der Waals surface area contributed by atoms with Gasteiger partial charge in [0.2, 0.25) is 0 Å². The van der Waals surface area contributed by atoms with E-state index in [-0.39, 0.29) is 18.6 Å². The quantitative estimate of drug-likeness (QED) is 0.633. The lowest BCUT2D eigenvalue weighted by atomic mass is 9.95. The zero-order chi connectivity index (χ0) is 21.1. The van der Waals surface area contributed by atoms with Crippen molar-refractivity contribution >= 4 is 20.3 Å². The molecule has 1 heterocycles. The molecule has 0 bridgehead atoms. The highest BCUT2D eigenvalue weighted by Gasteiger charge is 2.55. The van der Waals surface area contributed by atoms with Gasteiger partial charge >= 0.3 is 18.2 Å². The van der Waals surface area contributed by atoms with Gasteiger partial charge in [0, 0.05) is 12.0 Å². The van der Waals surface area contributed by atoms with Crippen molar-refractivity contribution in [1.82, 2.24) is 10.2 Å². The number of likely N-dealkylation sites (tertiary alicyclic amines) is 1. The van der Waals surface area contributed by atoms with Crippen molar-refractivity contribution in [3.8, 4) is 0 Å². The van der Waals surface area contributed by atoms with E-state index in [1.54, 1.807) is 0 Å². The maximum absolute atomic E-state index is 12.9. The molecular weight excluding hydrogens is 393 g/mol. The van der Waals surface area contributed by atoms with E-state index in [2.05, 4.69) is 26.1 Å². The fourth-order valence-electron chi connectivity index (χ4n) is 4.75. The van der Waals surface area contributed by atoms with Gasteiger partial charge in [-0.2, -0.15) is 13.2 Å². The van der Waals surface area contributed by atoms with Gasteiger partial charge in [-0.1, -0.05) is 27.2 Å². The number of nitrogens with zero attached hydrogens (tertiary/aromatic N) is 1. The summed E-state index contributed by atoms with van der Waals surface area (Å²) in [5.41, 5.74) is 0. The summed E-state index contributed by atoms with van der Waals surface area (Å²) in [7, 11) is -0.757. The van der Waals surface area contributed by atoms with Crippen LogP contribution in [-0.2, 0) is 14.0 Å². The molecule has 0 unspecified atom stereocenters. The number of hydrogen-bond acceptors (Lipinski definition) is 4. The van der Waals surface area contributed by atoms with Crippen LogP contribution in [-0.4, -0.2) is 63.2 Å². The predicted octanol–water partition coefficient (Wildman–Crippen LogP) is 3.67. The Morgan fingerprint density at radius 1 is 1.14 bits per heavy atom. The van der Waals surface area contributed by atoms with E-state index in [1.807, 2.05) is 0 Å². The number of methoxy groups -OCH3 is 1. The summed E-state index contributed by atoms with van der Waals surface area (Å²) in [5, 5.41) is 2.16. The zero-order valence-electron chi connectivity index (χ0n) is 17.0. The van der Waals surface area contributed by atoms with Crippen LogP contribution in [0.25, 0.3) is 0 Å². The van der Waals surface area contributed by atoms with Gasteiger partial charge in [0.1, 0.15) is 0 Å². The largest absolute Gasteiger partial charge is 0.471 e. The Labute approximate surface area is 165 Å². The van der Waals surface area contributed by atoms with Crippen molar-refractivity contribution in [2.75, 3.05) is 13.7 Å². The molecule has 10 heteroatoms. The van der Waals surface area contributed by atoms with Gasteiger partial charge in [-0.25, -0.2) is 4.79 Å². The number of amides is 2. The molecule has 0 spiro atoms. The van der Waals surface area contributed by atoms with Crippen molar-refractivity contribution in [3.05, 3.63) is 0 Å². The van der Waals surface area contributed by atoms with Crippen LogP contribution in [0.3, 0.4) is 0 Å². The lowest BCUT2D eigenvalue weighted by molar-refractivity contribution is -0.174. The average molecular weight is 425 g/mol. The fraction of sp³-hybridized carbons (Fsp3) is 0.889. The molecule has 162 valence electrons. The Morgan fingerprint density at radius 2 is 1.75 bits per heavy atom. The third-order valence-electron chi connectivity index (χ3n) is 6.56. The van der Waals surface area contributed by atoms with Gasteiger partial charge in [0.15, 0.2) is 8.32 Å². The normalized spacial score (nSPS) is 27.6. The summed E-state index contributed by atoms with van der Waals surface area (Å²) in [4.78, 5) is 25.6. The van der Waals surface area contributed by atoms with Crippen LogP contribution in [0.1, 0.15) is 40.0 Å². The second-order valence-corrected chi connectivity index (χ2v) is 12.4. The summed E-state index contributed by atoms with van der Waals surface area (Å²) in [6.07, 6.45) is -3.40. The Balaban J connectivity index is 2.30. The van der Waals surface area contributed by atoms with Crippen molar-refractivity contribution < 1.29 is 31.9 Å². The van der Waals surface area contributed by atoms with E-state index in [0.29, 0.717) is 12.8 Å². The number of nitrogens with one attached hydrogen (secondary N) is 1. The number of alkyl halides is 3. The number of ether oxygens (including phenoxy) is 1. The molecule has 28 heavy (non-hydrogen) atoms. The minimum Gasteiger partial charge on any atom is -0.453 e. The maximum atomic E-state index is 12.9. The first-order valence-corrected chi connectivity index (χ1v) is 12.5. The van der Waals surface area contributed by atoms with Crippen LogP contribution in [0.2, 0.25) is 18.1 Å². The van der Waals surface area contributed by atoms with Gasteiger partial charge in [0.05, 0.1) is 25.8 Å². The zero-order valence-corrected chi connectivity index (χ0v) is 18.0. The Morgan fingerprint density at radius 3 is 2.25 bits per heavy atom. The molecule has 1 aliphatic carbocycles. The van der Waals surface area contributed by atoms with Gasteiger partial charge in [-0.05, 0) is 31.0 Å². The van der Waals surface area contributed by atoms with Crippen LogP contribution in [0, 0.1) is 5.92 Å². The average Bonchev–Trinajstić information content (AvgIpc) is 3.23. The number of hydrogen-bond donors (Lipinski definition) is 1. The SMILES string of the molecule is CC[Si](CC)(CC)OC[C@H]1[C@@H](NC(=O)C(F)(F)F)[C@H]2CCC[C@H]2N1C(=O)OC. The second-order valence-electron chi connectivity index (χ2n) is 7.66. The number of carbonyl (C=O) groups excluding carboxylic acids is 2. The molecule has 1 N–H and O–H groups in total. The molecule has 4 atom stereocenters. The van der Waals surface area contributed by atoms with Crippen molar-refractivity contribution in [1.29, 1.82) is 0 Å². The molecule has 6 nitrogen and oxygen atoms in total. The van der Waals surface area contributed by atoms with E-state index < -0.39 is 38.6 Å². The first-order chi connectivity index (χ1) is 13.1. The summed E-state index contributed by atoms with van der Waals surface area (Å²) in [6.45, 7) is 6.30. The first-order valence-electron chi connectivity index (χ1n) is 10.0. The molecule has 2 amide bonds. The van der Waals surface area contributed by atoms with E-state index in [9.17, 15) is 22.8 Å². The highest BCUT2D eigenvalue weighted by molar-refractivity contribution is 6.73. The smallest absolute Gasteiger partial charge is 0.453 e. The predicted molar refractivity (Wildman–Crippen MR) is 100 cm³/mol. The summed E-state index contributed by atoms with van der Waals surface area (Å²) in [6, 6.07) is 0.968. The summed E-state index contributed by atoms with van der Waals surface area (Å²) in [5.74, 6) is -2.19. The molecule has 2 aliphatic rings. The Kier molecular flexibility index (Phi) is 7.41. The van der Waals surface area contributed by atoms with Gasteiger partial charge in [0.25, 0.3) is 0 Å². The number of halogens is 3. The topological polar surface area (TPSA) is 67.9 Å². The fourth-order valence-corrected chi connectivity index (χ4v) is 7.39. The standard InChI is InChI=1S/C18H31F3N2O4Si/c1-5-28(6-2,7-3)27-11-14-15(22-16(24)18(19,20)21)12-9-8-10-13(12)23(14)17(25)26-4/h12-15H,5-11H2,1-4H3,(H,22,24)/t12-,13+,14-,15-/m0/s1. The van der Waals surface area contributed by atoms with Gasteiger partial charge < -0.3 is 14.5 Å². The van der Waals surface area contributed by atoms with E-state index >= 15 is 0 Å². The minimum absolute atomic E-state index is 0.118. The van der Waals surface area contributed by atoms with Crippen molar-refractivity contribution in [2.45, 2.75) is 82.5 Å². The van der Waals surface area contributed by atoms with Crippen LogP contribution < -0.4 is 5.32 Å². The molecule has 0 aromatic heterocycles. The molecule has 1 saturated heterocycles. The first kappa shape index (κ1) is 23.0. The molecule has 1 aliphatic heterocycles. The van der Waals surface area contributed by atoms with Crippen molar-refractivity contribution in [3.63, 3.8) is 0 Å². The minimum atomic E-state index is -4.97. The molecular formula is C18H31F3N2O4Si. The van der Waals surface area contributed by atoms with Gasteiger partial charge in [-0.3, -0.25) is 9.69 Å². The van der Waals surface area contributed by atoms with E-state index in [1.165, 1.54) is 12.0 Å². The second kappa shape index (κ2) is 9.02. The van der Waals surface area contributed by atoms with E-state index in [0.717, 1.165) is 24.6 Å². The molecule has 0 aromatic rings. The molecule has 2 rings (SSSR count). The molecule has 0 aromatic carbocycles. The molecule has 2 fully saturated rings. The highest BCUT2D eigenvalue weighted by atomic mass is 28.4. The summed E-state index contributed by atoms with van der Waals surface area (Å²) < 4.78 is 49.9. The Hall–Kier alpha value is -1.29. The molecule has 0 radical (unpaired) electrons. The number of rotatable bonds is 7. The molecule has 1 saturated carbocycles. The lowest BCUT2D eigenvalue weighted by Crippen LogP contribution is -2.55. The monoisotopic (exact) mass is 424 g/mol. The van der Waals surface area contributed by atoms with Crippen LogP contribution >= 0.6 is 0 Å². The number of fused-ring (bicyclic) bond motifs is 1. The third-order valence-corrected chi connectivity index (χ3v) is 11.2. The van der Waals surface area contributed by atoms with Crippen LogP contribution in [0.5, 0.6) is 0 Å². The maximum Gasteiger partial charge on any atom is 0.471 e. The van der Waals surface area contributed by atoms with Crippen molar-refractivity contribution in [2.24, 2.45) is 5.92 Å². The third kappa shape index (κ3) is 4.47. The summed E-state index contributed by atoms with van der Waals surface area (Å²) >= 11 is 0. The van der Waals surface area contributed by atoms with Crippen LogP contribution in [0.4, 0.5) is 18.0 Å². The lowest BCUT2D eigenvalue weighted by Gasteiger charge is -2.35. The number of carbonyl (C=O) groups is 2. The van der Waals surface area contributed by atoms with Crippen LogP contribution in [0.15, 0.2) is 0 Å². The van der Waals surface area contributed by atoms with E-state index in [4.69, 9.17) is 9.16 Å². The Bertz CT molecular complexity index is 563.